The first-order chi connectivity index (χ1) is 9.49. The van der Waals surface area contributed by atoms with Crippen molar-refractivity contribution in [2.24, 2.45) is 0 Å². The lowest BCUT2D eigenvalue weighted by molar-refractivity contribution is -0.122. The Morgan fingerprint density at radius 3 is 2.80 bits per heavy atom. The maximum absolute atomic E-state index is 12.0. The molecule has 1 aromatic rings. The van der Waals surface area contributed by atoms with Crippen molar-refractivity contribution in [1.82, 2.24) is 10.6 Å². The third-order valence-corrected chi connectivity index (χ3v) is 3.67. The van der Waals surface area contributed by atoms with Gasteiger partial charge in [0.1, 0.15) is 12.6 Å². The number of carbonyl (C=O) groups excluding carboxylic acids is 2. The third-order valence-electron chi connectivity index (χ3n) is 2.51. The van der Waals surface area contributed by atoms with E-state index in [1.165, 1.54) is 11.3 Å². The van der Waals surface area contributed by atoms with Crippen LogP contribution in [0.4, 0.5) is 0 Å². The van der Waals surface area contributed by atoms with Gasteiger partial charge in [0.05, 0.1) is 9.75 Å². The second kappa shape index (κ2) is 7.68. The predicted octanol–water partition coefficient (Wildman–Crippen LogP) is 0.655. The number of likely N-dealkylation sites (N-methyl/N-ethyl adjacent to an activating group) is 1. The van der Waals surface area contributed by atoms with Crippen molar-refractivity contribution in [3.05, 3.63) is 21.4 Å². The lowest BCUT2D eigenvalue weighted by atomic mass is 10.2. The van der Waals surface area contributed by atoms with E-state index in [1.807, 2.05) is 13.8 Å². The number of amides is 2. The molecule has 6 heteroatoms. The second-order valence-electron chi connectivity index (χ2n) is 4.17. The Kier molecular flexibility index (Phi) is 6.22. The molecule has 0 radical (unpaired) electrons. The zero-order valence-electron chi connectivity index (χ0n) is 11.7. The minimum absolute atomic E-state index is 0.213. The van der Waals surface area contributed by atoms with E-state index >= 15 is 0 Å². The van der Waals surface area contributed by atoms with Gasteiger partial charge in [-0.3, -0.25) is 9.59 Å². The Labute approximate surface area is 122 Å². The molecule has 0 fully saturated rings. The van der Waals surface area contributed by atoms with E-state index in [4.69, 9.17) is 5.11 Å². The van der Waals surface area contributed by atoms with Crippen molar-refractivity contribution in [3.8, 4) is 11.8 Å². The van der Waals surface area contributed by atoms with Crippen LogP contribution in [-0.2, 0) is 4.79 Å². The monoisotopic (exact) mass is 294 g/mol. The van der Waals surface area contributed by atoms with Crippen molar-refractivity contribution in [2.75, 3.05) is 13.2 Å². The molecule has 1 unspecified atom stereocenters. The first-order valence-electron chi connectivity index (χ1n) is 6.28. The van der Waals surface area contributed by atoms with E-state index in [-0.39, 0.29) is 18.4 Å². The normalized spacial score (nSPS) is 11.2. The van der Waals surface area contributed by atoms with E-state index in [1.54, 1.807) is 13.0 Å². The van der Waals surface area contributed by atoms with Gasteiger partial charge in [-0.15, -0.1) is 11.3 Å². The molecular weight excluding hydrogens is 276 g/mol. The molecule has 0 saturated heterocycles. The summed E-state index contributed by atoms with van der Waals surface area (Å²) in [5.41, 5.74) is 0.881. The average Bonchev–Trinajstić information content (AvgIpc) is 2.78. The topological polar surface area (TPSA) is 78.4 Å². The molecule has 20 heavy (non-hydrogen) atoms. The summed E-state index contributed by atoms with van der Waals surface area (Å²) in [6.45, 7) is 5.62. The summed E-state index contributed by atoms with van der Waals surface area (Å²) < 4.78 is 0. The Morgan fingerprint density at radius 1 is 1.50 bits per heavy atom. The lowest BCUT2D eigenvalue weighted by Crippen LogP contribution is -2.44. The number of nitrogens with one attached hydrogen (secondary N) is 2. The van der Waals surface area contributed by atoms with Crippen molar-refractivity contribution >= 4 is 23.2 Å². The fourth-order valence-corrected chi connectivity index (χ4v) is 2.45. The van der Waals surface area contributed by atoms with Crippen LogP contribution in [0.25, 0.3) is 0 Å². The van der Waals surface area contributed by atoms with E-state index in [9.17, 15) is 9.59 Å². The van der Waals surface area contributed by atoms with Gasteiger partial charge in [-0.1, -0.05) is 11.8 Å². The Bertz CT molecular complexity index is 555. The van der Waals surface area contributed by atoms with Gasteiger partial charge in [0.15, 0.2) is 0 Å². The predicted molar refractivity (Wildman–Crippen MR) is 78.6 cm³/mol. The van der Waals surface area contributed by atoms with Gasteiger partial charge in [0, 0.05) is 6.54 Å². The molecule has 0 spiro atoms. The zero-order valence-corrected chi connectivity index (χ0v) is 12.6. The van der Waals surface area contributed by atoms with Gasteiger partial charge >= 0.3 is 0 Å². The van der Waals surface area contributed by atoms with Gasteiger partial charge in [0.25, 0.3) is 5.91 Å². The minimum Gasteiger partial charge on any atom is -0.384 e. The summed E-state index contributed by atoms with van der Waals surface area (Å²) in [7, 11) is 0. The quantitative estimate of drug-likeness (QED) is 0.714. The van der Waals surface area contributed by atoms with Crippen molar-refractivity contribution in [2.45, 2.75) is 26.8 Å². The third kappa shape index (κ3) is 4.37. The molecule has 0 saturated carbocycles. The largest absolute Gasteiger partial charge is 0.384 e. The second-order valence-corrected chi connectivity index (χ2v) is 5.22. The Balaban J connectivity index is 2.75. The fraction of sp³-hybridized carbons (Fsp3) is 0.429. The lowest BCUT2D eigenvalue weighted by Gasteiger charge is -2.12. The molecule has 0 aliphatic heterocycles. The van der Waals surface area contributed by atoms with Crippen molar-refractivity contribution < 1.29 is 14.7 Å². The Hall–Kier alpha value is -1.84. The van der Waals surface area contributed by atoms with Gasteiger partial charge in [-0.05, 0) is 32.4 Å². The van der Waals surface area contributed by atoms with E-state index in [0.29, 0.717) is 11.4 Å². The molecule has 3 N–H and O–H groups in total. The number of thiophene rings is 1. The van der Waals surface area contributed by atoms with E-state index in [0.717, 1.165) is 10.4 Å². The van der Waals surface area contributed by atoms with Crippen LogP contribution in [0.3, 0.4) is 0 Å². The molecule has 0 aliphatic rings. The maximum atomic E-state index is 12.0. The number of aryl methyl sites for hydroxylation is 1. The molecular formula is C14H18N2O3S. The van der Waals surface area contributed by atoms with Crippen molar-refractivity contribution in [3.63, 3.8) is 0 Å². The number of hydrogen-bond acceptors (Lipinski definition) is 4. The first-order valence-corrected chi connectivity index (χ1v) is 7.10. The molecule has 0 aromatic carbocycles. The minimum atomic E-state index is -0.586. The van der Waals surface area contributed by atoms with E-state index < -0.39 is 6.04 Å². The summed E-state index contributed by atoms with van der Waals surface area (Å²) in [5.74, 6) is 4.84. The van der Waals surface area contributed by atoms with Crippen LogP contribution in [0.1, 0.15) is 34.0 Å². The van der Waals surface area contributed by atoms with Gasteiger partial charge in [-0.2, -0.15) is 0 Å². The average molecular weight is 294 g/mol. The molecule has 2 amide bonds. The highest BCUT2D eigenvalue weighted by atomic mass is 32.1. The molecule has 1 aromatic heterocycles. The molecule has 108 valence electrons. The van der Waals surface area contributed by atoms with Gasteiger partial charge in [0.2, 0.25) is 5.91 Å². The SMILES string of the molecule is CCNC(=O)C(C)NC(=O)c1cc(C)c(C#CCO)s1. The summed E-state index contributed by atoms with van der Waals surface area (Å²) in [6, 6.07) is 1.14. The highest BCUT2D eigenvalue weighted by Crippen LogP contribution is 2.20. The summed E-state index contributed by atoms with van der Waals surface area (Å²) in [5, 5.41) is 14.0. The standard InChI is InChI=1S/C14H18N2O3S/c1-4-15-13(18)10(3)16-14(19)12-8-9(2)11(20-12)6-5-7-17/h8,10,17H,4,7H2,1-3H3,(H,15,18)(H,16,19). The fourth-order valence-electron chi connectivity index (χ4n) is 1.50. The summed E-state index contributed by atoms with van der Waals surface area (Å²) in [4.78, 5) is 24.8. The van der Waals surface area contributed by atoms with Crippen LogP contribution in [0.2, 0.25) is 0 Å². The molecule has 0 bridgehead atoms. The van der Waals surface area contributed by atoms with Crippen LogP contribution in [0.15, 0.2) is 6.07 Å². The molecule has 1 rings (SSSR count). The van der Waals surface area contributed by atoms with Gasteiger partial charge in [-0.25, -0.2) is 0 Å². The van der Waals surface area contributed by atoms with Crippen molar-refractivity contribution in [1.29, 1.82) is 0 Å². The number of hydrogen-bond donors (Lipinski definition) is 3. The summed E-state index contributed by atoms with van der Waals surface area (Å²) in [6.07, 6.45) is 0. The van der Waals surface area contributed by atoms with Crippen LogP contribution in [0.5, 0.6) is 0 Å². The smallest absolute Gasteiger partial charge is 0.262 e. The summed E-state index contributed by atoms with van der Waals surface area (Å²) >= 11 is 1.25. The highest BCUT2D eigenvalue weighted by Gasteiger charge is 2.17. The number of carbonyl (C=O) groups is 2. The zero-order chi connectivity index (χ0) is 15.1. The van der Waals surface area contributed by atoms with Crippen LogP contribution < -0.4 is 10.6 Å². The number of rotatable bonds is 4. The van der Waals surface area contributed by atoms with Crippen LogP contribution >= 0.6 is 11.3 Å². The van der Waals surface area contributed by atoms with Crippen LogP contribution in [0, 0.1) is 18.8 Å². The van der Waals surface area contributed by atoms with Crippen LogP contribution in [-0.4, -0.2) is 36.1 Å². The molecule has 1 heterocycles. The molecule has 5 nitrogen and oxygen atoms in total. The Morgan fingerprint density at radius 2 is 2.20 bits per heavy atom. The first kappa shape index (κ1) is 16.2. The highest BCUT2D eigenvalue weighted by molar-refractivity contribution is 7.14. The molecule has 1 atom stereocenters. The number of aliphatic hydroxyl groups is 1. The number of aliphatic hydroxyl groups excluding tert-OH is 1. The van der Waals surface area contributed by atoms with Gasteiger partial charge < -0.3 is 15.7 Å². The molecule has 0 aliphatic carbocycles. The van der Waals surface area contributed by atoms with E-state index in [2.05, 4.69) is 22.5 Å². The maximum Gasteiger partial charge on any atom is 0.262 e.